The lowest BCUT2D eigenvalue weighted by atomic mass is 9.82. The van der Waals surface area contributed by atoms with Crippen LogP contribution in [0.4, 0.5) is 0 Å². The summed E-state index contributed by atoms with van der Waals surface area (Å²) in [5, 5.41) is 8.88. The smallest absolute Gasteiger partial charge is 0.238 e. The summed E-state index contributed by atoms with van der Waals surface area (Å²) in [7, 11) is -3.64. The lowest BCUT2D eigenvalue weighted by molar-refractivity contribution is 0.240. The number of hydrogen-bond donors (Lipinski definition) is 2. The summed E-state index contributed by atoms with van der Waals surface area (Å²) in [6.07, 6.45) is 6.29. The number of rotatable bonds is 5. The van der Waals surface area contributed by atoms with Gasteiger partial charge in [-0.2, -0.15) is 0 Å². The number of benzene rings is 1. The maximum Gasteiger partial charge on any atom is 0.238 e. The largest absolute Gasteiger partial charge is 0.307 e. The molecule has 118 valence electrons. The fourth-order valence-electron chi connectivity index (χ4n) is 3.29. The van der Waals surface area contributed by atoms with Gasteiger partial charge in [-0.1, -0.05) is 38.3 Å². The van der Waals surface area contributed by atoms with Gasteiger partial charge >= 0.3 is 0 Å². The number of hydrogen-bond acceptors (Lipinski definition) is 3. The van der Waals surface area contributed by atoms with Gasteiger partial charge in [0.1, 0.15) is 0 Å². The lowest BCUT2D eigenvalue weighted by Crippen LogP contribution is -2.39. The molecule has 0 aromatic heterocycles. The molecule has 5 heteroatoms. The minimum Gasteiger partial charge on any atom is -0.307 e. The zero-order valence-corrected chi connectivity index (χ0v) is 13.7. The Kier molecular flexibility index (Phi) is 5.41. The number of sulfonamides is 1. The Hall–Kier alpha value is -0.910. The van der Waals surface area contributed by atoms with E-state index >= 15 is 0 Å². The van der Waals surface area contributed by atoms with Gasteiger partial charge < -0.3 is 5.32 Å². The molecule has 0 aliphatic heterocycles. The summed E-state index contributed by atoms with van der Waals surface area (Å²) >= 11 is 0. The molecule has 21 heavy (non-hydrogen) atoms. The molecule has 0 spiro atoms. The second-order valence-corrected chi connectivity index (χ2v) is 7.63. The highest BCUT2D eigenvalue weighted by Gasteiger charge is 2.25. The van der Waals surface area contributed by atoms with Gasteiger partial charge in [0, 0.05) is 12.1 Å². The van der Waals surface area contributed by atoms with Crippen LogP contribution in [0.2, 0.25) is 0 Å². The van der Waals surface area contributed by atoms with Gasteiger partial charge in [0.25, 0.3) is 0 Å². The monoisotopic (exact) mass is 310 g/mol. The summed E-state index contributed by atoms with van der Waals surface area (Å²) < 4.78 is 22.9. The number of nitrogens with two attached hydrogens (primary N) is 1. The minimum atomic E-state index is -3.64. The van der Waals surface area contributed by atoms with E-state index < -0.39 is 10.0 Å². The molecule has 0 saturated heterocycles. The summed E-state index contributed by atoms with van der Waals surface area (Å²) in [4.78, 5) is 0.185. The second-order valence-electron chi connectivity index (χ2n) is 6.07. The highest BCUT2D eigenvalue weighted by molar-refractivity contribution is 7.89. The first-order chi connectivity index (χ1) is 9.91. The third-order valence-corrected chi connectivity index (χ3v) is 5.50. The fourth-order valence-corrected chi connectivity index (χ4v) is 3.86. The molecule has 3 unspecified atom stereocenters. The van der Waals surface area contributed by atoms with E-state index in [1.54, 1.807) is 18.2 Å². The maximum absolute atomic E-state index is 11.5. The molecule has 3 atom stereocenters. The molecule has 1 aromatic carbocycles. The van der Waals surface area contributed by atoms with E-state index in [2.05, 4.69) is 19.2 Å². The normalized spacial score (nSPS) is 24.7. The molecule has 1 aliphatic carbocycles. The van der Waals surface area contributed by atoms with Crippen LogP contribution in [0, 0.1) is 5.92 Å². The van der Waals surface area contributed by atoms with Gasteiger partial charge in [-0.3, -0.25) is 0 Å². The van der Waals surface area contributed by atoms with Crippen LogP contribution < -0.4 is 10.5 Å². The summed E-state index contributed by atoms with van der Waals surface area (Å²) in [6, 6.07) is 7.58. The Labute approximate surface area is 128 Å². The van der Waals surface area contributed by atoms with Crippen molar-refractivity contribution >= 4 is 10.0 Å². The van der Waals surface area contributed by atoms with Crippen molar-refractivity contribution < 1.29 is 8.42 Å². The molecule has 1 aliphatic rings. The molecule has 1 fully saturated rings. The van der Waals surface area contributed by atoms with Crippen molar-refractivity contribution in [2.24, 2.45) is 11.1 Å². The zero-order valence-electron chi connectivity index (χ0n) is 12.9. The van der Waals surface area contributed by atoms with Gasteiger partial charge in [-0.15, -0.1) is 0 Å². The van der Waals surface area contributed by atoms with Crippen molar-refractivity contribution in [2.75, 3.05) is 0 Å². The first kappa shape index (κ1) is 16.5. The van der Waals surface area contributed by atoms with Crippen molar-refractivity contribution in [3.05, 3.63) is 29.8 Å². The predicted molar refractivity (Wildman–Crippen MR) is 85.4 cm³/mol. The maximum atomic E-state index is 11.5. The molecule has 0 heterocycles. The topological polar surface area (TPSA) is 72.2 Å². The Morgan fingerprint density at radius 3 is 2.71 bits per heavy atom. The van der Waals surface area contributed by atoms with Crippen LogP contribution in [0.5, 0.6) is 0 Å². The van der Waals surface area contributed by atoms with Gasteiger partial charge in [-0.05, 0) is 43.4 Å². The van der Waals surface area contributed by atoms with Gasteiger partial charge in [0.05, 0.1) is 4.90 Å². The van der Waals surface area contributed by atoms with Crippen LogP contribution in [-0.2, 0) is 10.0 Å². The van der Waals surface area contributed by atoms with Crippen LogP contribution in [0.15, 0.2) is 29.2 Å². The molecule has 4 nitrogen and oxygen atoms in total. The van der Waals surface area contributed by atoms with Crippen LogP contribution in [0.1, 0.15) is 57.6 Å². The summed E-state index contributed by atoms with van der Waals surface area (Å²) in [6.45, 7) is 4.33. The van der Waals surface area contributed by atoms with Crippen LogP contribution in [0.3, 0.4) is 0 Å². The van der Waals surface area contributed by atoms with Crippen molar-refractivity contribution in [3.63, 3.8) is 0 Å². The van der Waals surface area contributed by atoms with Crippen LogP contribution >= 0.6 is 0 Å². The van der Waals surface area contributed by atoms with Gasteiger partial charge in [0.2, 0.25) is 10.0 Å². The van der Waals surface area contributed by atoms with E-state index in [0.717, 1.165) is 11.5 Å². The van der Waals surface area contributed by atoms with Crippen molar-refractivity contribution in [1.82, 2.24) is 5.32 Å². The molecule has 0 bridgehead atoms. The Morgan fingerprint density at radius 2 is 2.05 bits per heavy atom. The first-order valence-electron chi connectivity index (χ1n) is 7.80. The third kappa shape index (κ3) is 4.28. The van der Waals surface area contributed by atoms with E-state index in [1.165, 1.54) is 32.1 Å². The minimum absolute atomic E-state index is 0.129. The Morgan fingerprint density at radius 1 is 1.33 bits per heavy atom. The summed E-state index contributed by atoms with van der Waals surface area (Å²) in [5.41, 5.74) is 0.974. The average Bonchev–Trinajstić information content (AvgIpc) is 2.47. The Balaban J connectivity index is 2.11. The van der Waals surface area contributed by atoms with Gasteiger partial charge in [0.15, 0.2) is 0 Å². The standard InChI is InChI=1S/C16H26N2O2S/c1-3-13-7-4-5-10-16(13)18-12(2)14-8-6-9-15(11-14)21(17,19)20/h6,8-9,11-13,16,18H,3-5,7,10H2,1-2H3,(H2,17,19,20). The lowest BCUT2D eigenvalue weighted by Gasteiger charge is -2.34. The number of nitrogens with one attached hydrogen (secondary N) is 1. The third-order valence-electron chi connectivity index (χ3n) is 4.58. The molecule has 0 amide bonds. The van der Waals surface area contributed by atoms with Crippen LogP contribution in [0.25, 0.3) is 0 Å². The van der Waals surface area contributed by atoms with E-state index in [1.807, 2.05) is 6.07 Å². The van der Waals surface area contributed by atoms with Gasteiger partial charge in [-0.25, -0.2) is 13.6 Å². The SMILES string of the molecule is CCC1CCCCC1NC(C)c1cccc(S(N)(=O)=O)c1. The molecule has 3 N–H and O–H groups in total. The molecular formula is C16H26N2O2S. The van der Waals surface area contributed by atoms with Crippen molar-refractivity contribution in [1.29, 1.82) is 0 Å². The van der Waals surface area contributed by atoms with E-state index in [0.29, 0.717) is 6.04 Å². The van der Waals surface area contributed by atoms with Crippen molar-refractivity contribution in [2.45, 2.75) is 62.9 Å². The average molecular weight is 310 g/mol. The Bertz CT molecular complexity index is 571. The van der Waals surface area contributed by atoms with Crippen LogP contribution in [-0.4, -0.2) is 14.5 Å². The molecule has 0 radical (unpaired) electrons. The fraction of sp³-hybridized carbons (Fsp3) is 0.625. The van der Waals surface area contributed by atoms with Crippen molar-refractivity contribution in [3.8, 4) is 0 Å². The van der Waals surface area contributed by atoms with E-state index in [-0.39, 0.29) is 10.9 Å². The molecule has 1 saturated carbocycles. The highest BCUT2D eigenvalue weighted by Crippen LogP contribution is 2.29. The molecular weight excluding hydrogens is 284 g/mol. The molecule has 1 aromatic rings. The first-order valence-corrected chi connectivity index (χ1v) is 9.35. The van der Waals surface area contributed by atoms with E-state index in [4.69, 9.17) is 5.14 Å². The molecule has 2 rings (SSSR count). The quantitative estimate of drug-likeness (QED) is 0.878. The number of primary sulfonamides is 1. The summed E-state index contributed by atoms with van der Waals surface area (Å²) in [5.74, 6) is 0.725. The second kappa shape index (κ2) is 6.90. The van der Waals surface area contributed by atoms with E-state index in [9.17, 15) is 8.42 Å². The zero-order chi connectivity index (χ0) is 15.5. The predicted octanol–water partition coefficient (Wildman–Crippen LogP) is 2.95. The highest BCUT2D eigenvalue weighted by atomic mass is 32.2.